The highest BCUT2D eigenvalue weighted by atomic mass is 19.1. The smallest absolute Gasteiger partial charge is 0.120 e. The first kappa shape index (κ1) is 11.0. The van der Waals surface area contributed by atoms with E-state index >= 15 is 0 Å². The van der Waals surface area contributed by atoms with Gasteiger partial charge in [-0.1, -0.05) is 18.2 Å². The van der Waals surface area contributed by atoms with E-state index in [2.05, 4.69) is 0 Å². The maximum absolute atomic E-state index is 13.4. The van der Waals surface area contributed by atoms with Crippen molar-refractivity contribution in [2.75, 3.05) is 0 Å². The average molecular weight is 197 g/mol. The van der Waals surface area contributed by atoms with Crippen LogP contribution in [-0.2, 0) is 6.42 Å². The predicted octanol–water partition coefficient (Wildman–Crippen LogP) is 2.01. The lowest BCUT2D eigenvalue weighted by Gasteiger charge is -2.23. The Bertz CT molecular complexity index is 306. The molecule has 0 bridgehead atoms. The summed E-state index contributed by atoms with van der Waals surface area (Å²) in [4.78, 5) is 0. The number of nitrogens with two attached hydrogens (primary N) is 1. The van der Waals surface area contributed by atoms with E-state index in [-0.39, 0.29) is 5.75 Å². The molecule has 78 valence electrons. The summed E-state index contributed by atoms with van der Waals surface area (Å²) < 4.78 is 13.4. The van der Waals surface area contributed by atoms with E-state index in [0.717, 1.165) is 0 Å². The van der Waals surface area contributed by atoms with Crippen LogP contribution in [0.15, 0.2) is 24.3 Å². The van der Waals surface area contributed by atoms with Gasteiger partial charge < -0.3 is 10.8 Å². The van der Waals surface area contributed by atoms with Gasteiger partial charge in [0.2, 0.25) is 0 Å². The summed E-state index contributed by atoms with van der Waals surface area (Å²) in [7, 11) is 0. The largest absolute Gasteiger partial charge is 0.508 e. The molecule has 3 heteroatoms. The molecule has 1 atom stereocenters. The SMILES string of the molecule is CC(C)(F)C(N)Cc1ccccc1O. The van der Waals surface area contributed by atoms with E-state index in [1.165, 1.54) is 13.8 Å². The molecule has 2 nitrogen and oxygen atoms in total. The molecule has 3 N–H and O–H groups in total. The standard InChI is InChI=1S/C11H16FNO/c1-11(2,12)10(13)7-8-5-3-4-6-9(8)14/h3-6,10,14H,7,13H2,1-2H3. The highest BCUT2D eigenvalue weighted by molar-refractivity contribution is 5.32. The van der Waals surface area contributed by atoms with E-state index < -0.39 is 11.7 Å². The van der Waals surface area contributed by atoms with Crippen LogP contribution in [0.2, 0.25) is 0 Å². The molecule has 0 radical (unpaired) electrons. The minimum Gasteiger partial charge on any atom is -0.508 e. The van der Waals surface area contributed by atoms with Gasteiger partial charge in [-0.05, 0) is 31.9 Å². The van der Waals surface area contributed by atoms with Crippen LogP contribution in [0.5, 0.6) is 5.75 Å². The van der Waals surface area contributed by atoms with Crippen molar-refractivity contribution in [3.63, 3.8) is 0 Å². The first-order chi connectivity index (χ1) is 6.41. The zero-order valence-corrected chi connectivity index (χ0v) is 8.50. The fraction of sp³-hybridized carbons (Fsp3) is 0.455. The Morgan fingerprint density at radius 1 is 1.43 bits per heavy atom. The summed E-state index contributed by atoms with van der Waals surface area (Å²) in [5.74, 6) is 0.173. The lowest BCUT2D eigenvalue weighted by molar-refractivity contribution is 0.172. The van der Waals surface area contributed by atoms with Gasteiger partial charge >= 0.3 is 0 Å². The van der Waals surface area contributed by atoms with Gasteiger partial charge in [0.05, 0.1) is 0 Å². The van der Waals surface area contributed by atoms with E-state index in [9.17, 15) is 9.50 Å². The quantitative estimate of drug-likeness (QED) is 0.778. The third-order valence-electron chi connectivity index (χ3n) is 2.31. The number of phenols is 1. The Hall–Kier alpha value is -1.09. The third kappa shape index (κ3) is 2.70. The van der Waals surface area contributed by atoms with Crippen molar-refractivity contribution in [3.8, 4) is 5.75 Å². The molecule has 1 unspecified atom stereocenters. The Labute approximate surface area is 83.6 Å². The van der Waals surface area contributed by atoms with Crippen molar-refractivity contribution < 1.29 is 9.50 Å². The number of aromatic hydroxyl groups is 1. The summed E-state index contributed by atoms with van der Waals surface area (Å²) in [5.41, 5.74) is 4.92. The molecule has 0 heterocycles. The van der Waals surface area contributed by atoms with Crippen molar-refractivity contribution in [2.24, 2.45) is 5.73 Å². The second-order valence-corrected chi connectivity index (χ2v) is 4.00. The fourth-order valence-electron chi connectivity index (χ4n) is 1.16. The molecule has 0 amide bonds. The minimum absolute atomic E-state index is 0.173. The van der Waals surface area contributed by atoms with Gasteiger partial charge in [0, 0.05) is 6.04 Å². The molecule has 0 aromatic heterocycles. The normalized spacial score (nSPS) is 14.0. The fourth-order valence-corrected chi connectivity index (χ4v) is 1.16. The monoisotopic (exact) mass is 197 g/mol. The third-order valence-corrected chi connectivity index (χ3v) is 2.31. The van der Waals surface area contributed by atoms with E-state index in [0.29, 0.717) is 12.0 Å². The summed E-state index contributed by atoms with van der Waals surface area (Å²) in [6, 6.07) is 6.25. The molecule has 0 saturated carbocycles. The molecular formula is C11H16FNO. The van der Waals surface area contributed by atoms with Gasteiger partial charge in [-0.2, -0.15) is 0 Å². The molecule has 0 aliphatic carbocycles. The average Bonchev–Trinajstić information content (AvgIpc) is 2.07. The lowest BCUT2D eigenvalue weighted by Crippen LogP contribution is -2.41. The van der Waals surface area contributed by atoms with Crippen LogP contribution in [0, 0.1) is 0 Å². The first-order valence-corrected chi connectivity index (χ1v) is 4.62. The molecule has 1 aromatic carbocycles. The van der Waals surface area contributed by atoms with Gasteiger partial charge in [-0.25, -0.2) is 4.39 Å². The number of hydrogen-bond acceptors (Lipinski definition) is 2. The van der Waals surface area contributed by atoms with Gasteiger partial charge in [-0.3, -0.25) is 0 Å². The zero-order chi connectivity index (χ0) is 10.8. The van der Waals surface area contributed by atoms with Crippen LogP contribution >= 0.6 is 0 Å². The number of benzene rings is 1. The Kier molecular flexibility index (Phi) is 3.11. The summed E-state index contributed by atoms with van der Waals surface area (Å²) in [5, 5.41) is 9.45. The molecule has 0 fully saturated rings. The first-order valence-electron chi connectivity index (χ1n) is 4.62. The zero-order valence-electron chi connectivity index (χ0n) is 8.50. The molecule has 0 aliphatic rings. The molecular weight excluding hydrogens is 181 g/mol. The Balaban J connectivity index is 2.75. The second kappa shape index (κ2) is 3.96. The van der Waals surface area contributed by atoms with Gasteiger partial charge in [-0.15, -0.1) is 0 Å². The summed E-state index contributed by atoms with van der Waals surface area (Å²) >= 11 is 0. The van der Waals surface area contributed by atoms with Crippen molar-refractivity contribution >= 4 is 0 Å². The molecule has 0 spiro atoms. The Morgan fingerprint density at radius 3 is 2.50 bits per heavy atom. The van der Waals surface area contributed by atoms with Crippen molar-refractivity contribution in [1.82, 2.24) is 0 Å². The minimum atomic E-state index is -1.43. The highest BCUT2D eigenvalue weighted by Gasteiger charge is 2.26. The number of halogens is 1. The number of alkyl halides is 1. The second-order valence-electron chi connectivity index (χ2n) is 4.00. The van der Waals surface area contributed by atoms with Crippen molar-refractivity contribution in [1.29, 1.82) is 0 Å². The van der Waals surface area contributed by atoms with E-state index in [4.69, 9.17) is 5.73 Å². The maximum Gasteiger partial charge on any atom is 0.120 e. The van der Waals surface area contributed by atoms with Gasteiger partial charge in [0.25, 0.3) is 0 Å². The van der Waals surface area contributed by atoms with Gasteiger partial charge in [0.15, 0.2) is 0 Å². The predicted molar refractivity (Wildman–Crippen MR) is 55.0 cm³/mol. The number of para-hydroxylation sites is 1. The molecule has 0 aliphatic heterocycles. The highest BCUT2D eigenvalue weighted by Crippen LogP contribution is 2.22. The summed E-state index contributed by atoms with van der Waals surface area (Å²) in [6.45, 7) is 2.88. The van der Waals surface area contributed by atoms with Crippen LogP contribution < -0.4 is 5.73 Å². The van der Waals surface area contributed by atoms with Crippen molar-refractivity contribution in [2.45, 2.75) is 32.0 Å². The van der Waals surface area contributed by atoms with Crippen molar-refractivity contribution in [3.05, 3.63) is 29.8 Å². The van der Waals surface area contributed by atoms with Gasteiger partial charge in [0.1, 0.15) is 11.4 Å². The summed E-state index contributed by atoms with van der Waals surface area (Å²) in [6.07, 6.45) is 0.343. The van der Waals surface area contributed by atoms with Crippen LogP contribution in [0.4, 0.5) is 4.39 Å². The topological polar surface area (TPSA) is 46.2 Å². The number of phenolic OH excluding ortho intramolecular Hbond substituents is 1. The van der Waals surface area contributed by atoms with Crippen LogP contribution in [0.1, 0.15) is 19.4 Å². The molecule has 14 heavy (non-hydrogen) atoms. The Morgan fingerprint density at radius 2 is 2.00 bits per heavy atom. The molecule has 0 saturated heterocycles. The van der Waals surface area contributed by atoms with E-state index in [1.54, 1.807) is 24.3 Å². The number of hydrogen-bond donors (Lipinski definition) is 2. The van der Waals surface area contributed by atoms with Crippen LogP contribution in [0.25, 0.3) is 0 Å². The van der Waals surface area contributed by atoms with Crippen LogP contribution in [0.3, 0.4) is 0 Å². The maximum atomic E-state index is 13.4. The molecule has 1 aromatic rings. The lowest BCUT2D eigenvalue weighted by atomic mass is 9.94. The van der Waals surface area contributed by atoms with E-state index in [1.807, 2.05) is 0 Å². The number of rotatable bonds is 3. The molecule has 1 rings (SSSR count). The van der Waals surface area contributed by atoms with Crippen LogP contribution in [-0.4, -0.2) is 16.8 Å².